The van der Waals surface area contributed by atoms with Crippen LogP contribution in [-0.2, 0) is 22.6 Å². The first-order chi connectivity index (χ1) is 14.4. The van der Waals surface area contributed by atoms with E-state index in [9.17, 15) is 14.4 Å². The molecule has 0 aliphatic carbocycles. The second-order valence-electron chi connectivity index (χ2n) is 7.93. The molecule has 156 valence electrons. The predicted molar refractivity (Wildman–Crippen MR) is 114 cm³/mol. The fourth-order valence-electron chi connectivity index (χ4n) is 4.35. The van der Waals surface area contributed by atoms with E-state index >= 15 is 0 Å². The summed E-state index contributed by atoms with van der Waals surface area (Å²) in [6, 6.07) is 14.0. The van der Waals surface area contributed by atoms with Crippen molar-refractivity contribution in [1.29, 1.82) is 0 Å². The first-order valence-electron chi connectivity index (χ1n) is 10.2. The van der Waals surface area contributed by atoms with Crippen LogP contribution in [0.4, 0.5) is 0 Å². The van der Waals surface area contributed by atoms with Crippen LogP contribution in [0.2, 0.25) is 5.02 Å². The zero-order chi connectivity index (χ0) is 21.3. The van der Waals surface area contributed by atoms with Crippen molar-refractivity contribution in [2.24, 2.45) is 11.7 Å². The highest BCUT2D eigenvalue weighted by molar-refractivity contribution is 6.30. The molecule has 2 heterocycles. The molecule has 30 heavy (non-hydrogen) atoms. The Labute approximate surface area is 180 Å². The normalized spacial score (nSPS) is 19.3. The third-order valence-corrected chi connectivity index (χ3v) is 6.33. The largest absolute Gasteiger partial charge is 0.368 e. The molecule has 0 aromatic heterocycles. The lowest BCUT2D eigenvalue weighted by Gasteiger charge is -2.39. The molecule has 3 amide bonds. The van der Waals surface area contributed by atoms with E-state index in [0.717, 1.165) is 11.1 Å². The van der Waals surface area contributed by atoms with Crippen LogP contribution in [0, 0.1) is 5.92 Å². The fourth-order valence-corrected chi connectivity index (χ4v) is 4.47. The maximum atomic E-state index is 13.3. The number of rotatable bonds is 3. The summed E-state index contributed by atoms with van der Waals surface area (Å²) in [7, 11) is 0. The first kappa shape index (κ1) is 20.4. The van der Waals surface area contributed by atoms with Gasteiger partial charge in [0.2, 0.25) is 11.8 Å². The average molecular weight is 426 g/mol. The van der Waals surface area contributed by atoms with Crippen molar-refractivity contribution in [1.82, 2.24) is 9.80 Å². The van der Waals surface area contributed by atoms with Crippen molar-refractivity contribution < 1.29 is 14.4 Å². The van der Waals surface area contributed by atoms with Gasteiger partial charge in [0, 0.05) is 42.6 Å². The van der Waals surface area contributed by atoms with Gasteiger partial charge in [0.05, 0.1) is 0 Å². The number of carbonyl (C=O) groups excluding carboxylic acids is 3. The summed E-state index contributed by atoms with van der Waals surface area (Å²) >= 11 is 5.90. The van der Waals surface area contributed by atoms with Crippen molar-refractivity contribution in [3.8, 4) is 0 Å². The molecule has 0 spiro atoms. The van der Waals surface area contributed by atoms with Crippen LogP contribution in [0.5, 0.6) is 0 Å². The molecule has 0 radical (unpaired) electrons. The Morgan fingerprint density at radius 2 is 1.57 bits per heavy atom. The van der Waals surface area contributed by atoms with E-state index in [1.54, 1.807) is 34.1 Å². The van der Waals surface area contributed by atoms with Crippen LogP contribution in [-0.4, -0.2) is 46.7 Å². The van der Waals surface area contributed by atoms with Crippen LogP contribution in [0.1, 0.15) is 34.3 Å². The van der Waals surface area contributed by atoms with Crippen LogP contribution < -0.4 is 5.73 Å². The topological polar surface area (TPSA) is 83.7 Å². The Balaban J connectivity index is 1.43. The molecule has 0 bridgehead atoms. The number of carbonyl (C=O) groups is 3. The molecular weight excluding hydrogens is 402 g/mol. The van der Waals surface area contributed by atoms with Gasteiger partial charge in [-0.05, 0) is 48.2 Å². The highest BCUT2D eigenvalue weighted by Gasteiger charge is 2.37. The van der Waals surface area contributed by atoms with E-state index < -0.39 is 11.9 Å². The summed E-state index contributed by atoms with van der Waals surface area (Å²) in [5.41, 5.74) is 8.33. The van der Waals surface area contributed by atoms with Gasteiger partial charge >= 0.3 is 0 Å². The van der Waals surface area contributed by atoms with E-state index in [4.69, 9.17) is 17.3 Å². The third kappa shape index (κ3) is 4.05. The minimum absolute atomic E-state index is 0.0492. The van der Waals surface area contributed by atoms with Gasteiger partial charge in [-0.2, -0.15) is 0 Å². The molecule has 2 N–H and O–H groups in total. The van der Waals surface area contributed by atoms with Gasteiger partial charge in [-0.15, -0.1) is 0 Å². The molecule has 2 aromatic carbocycles. The molecule has 2 aliphatic rings. The van der Waals surface area contributed by atoms with Gasteiger partial charge in [0.1, 0.15) is 6.04 Å². The van der Waals surface area contributed by atoms with E-state index in [-0.39, 0.29) is 17.7 Å². The Morgan fingerprint density at radius 3 is 2.20 bits per heavy atom. The maximum Gasteiger partial charge on any atom is 0.253 e. The number of hydrogen-bond acceptors (Lipinski definition) is 3. The molecule has 2 aliphatic heterocycles. The lowest BCUT2D eigenvalue weighted by molar-refractivity contribution is -0.145. The number of hydrogen-bond donors (Lipinski definition) is 1. The highest BCUT2D eigenvalue weighted by Crippen LogP contribution is 2.28. The Kier molecular flexibility index (Phi) is 5.77. The van der Waals surface area contributed by atoms with Crippen LogP contribution in [0.25, 0.3) is 0 Å². The van der Waals surface area contributed by atoms with E-state index in [1.165, 1.54) is 0 Å². The third-order valence-electron chi connectivity index (χ3n) is 6.08. The quantitative estimate of drug-likeness (QED) is 0.820. The zero-order valence-electron chi connectivity index (χ0n) is 16.6. The van der Waals surface area contributed by atoms with Gasteiger partial charge in [0.25, 0.3) is 5.91 Å². The summed E-state index contributed by atoms with van der Waals surface area (Å²) in [6.45, 7) is 1.40. The lowest BCUT2D eigenvalue weighted by Crippen LogP contribution is -2.54. The fraction of sp³-hybridized carbons (Fsp3) is 0.348. The number of piperidine rings is 1. The number of likely N-dealkylation sites (tertiary alicyclic amines) is 1. The number of nitrogens with zero attached hydrogens (tertiary/aromatic N) is 2. The number of nitrogens with two attached hydrogens (primary N) is 1. The van der Waals surface area contributed by atoms with Gasteiger partial charge < -0.3 is 15.5 Å². The predicted octanol–water partition coefficient (Wildman–Crippen LogP) is 2.63. The zero-order valence-corrected chi connectivity index (χ0v) is 17.3. The van der Waals surface area contributed by atoms with Crippen molar-refractivity contribution in [3.05, 3.63) is 70.2 Å². The molecule has 7 heteroatoms. The summed E-state index contributed by atoms with van der Waals surface area (Å²) in [4.78, 5) is 41.4. The number of benzene rings is 2. The van der Waals surface area contributed by atoms with Crippen LogP contribution >= 0.6 is 11.6 Å². The second kappa shape index (κ2) is 8.48. The van der Waals surface area contributed by atoms with Gasteiger partial charge in [-0.25, -0.2) is 0 Å². The Morgan fingerprint density at radius 1 is 0.933 bits per heavy atom. The minimum atomic E-state index is -0.624. The minimum Gasteiger partial charge on any atom is -0.368 e. The molecule has 0 saturated carbocycles. The van der Waals surface area contributed by atoms with Crippen molar-refractivity contribution in [2.45, 2.75) is 31.8 Å². The summed E-state index contributed by atoms with van der Waals surface area (Å²) in [5, 5.41) is 0.586. The van der Waals surface area contributed by atoms with Crippen molar-refractivity contribution in [3.63, 3.8) is 0 Å². The van der Waals surface area contributed by atoms with E-state index in [1.807, 2.05) is 24.3 Å². The summed E-state index contributed by atoms with van der Waals surface area (Å²) in [6.07, 6.45) is 1.59. The SMILES string of the molecule is NC(=O)[C@H]1Cc2ccccc2CN1C(=O)C1CCN(C(=O)c2ccc(Cl)cc2)CC1. The van der Waals surface area contributed by atoms with Gasteiger partial charge in [0.15, 0.2) is 0 Å². The summed E-state index contributed by atoms with van der Waals surface area (Å²) < 4.78 is 0. The van der Waals surface area contributed by atoms with Gasteiger partial charge in [-0.3, -0.25) is 14.4 Å². The number of primary amides is 1. The second-order valence-corrected chi connectivity index (χ2v) is 8.37. The molecular formula is C23H24ClN3O3. The van der Waals surface area contributed by atoms with Crippen molar-refractivity contribution in [2.75, 3.05) is 13.1 Å². The smallest absolute Gasteiger partial charge is 0.253 e. The van der Waals surface area contributed by atoms with Gasteiger partial charge in [-0.1, -0.05) is 35.9 Å². The standard InChI is InChI=1S/C23H24ClN3O3/c24-19-7-5-15(6-8-19)22(29)26-11-9-16(10-12-26)23(30)27-14-18-4-2-1-3-17(18)13-20(27)21(25)28/h1-8,16,20H,9-14H2,(H2,25,28)/t20-/m1/s1. The molecule has 1 saturated heterocycles. The highest BCUT2D eigenvalue weighted by atomic mass is 35.5. The molecule has 0 unspecified atom stereocenters. The van der Waals surface area contributed by atoms with Crippen LogP contribution in [0.3, 0.4) is 0 Å². The molecule has 1 atom stereocenters. The van der Waals surface area contributed by atoms with E-state index in [2.05, 4.69) is 0 Å². The van der Waals surface area contributed by atoms with E-state index in [0.29, 0.717) is 49.5 Å². The molecule has 6 nitrogen and oxygen atoms in total. The molecule has 1 fully saturated rings. The lowest BCUT2D eigenvalue weighted by atomic mass is 9.89. The number of amides is 3. The van der Waals surface area contributed by atoms with Crippen molar-refractivity contribution >= 4 is 29.3 Å². The maximum absolute atomic E-state index is 13.3. The monoisotopic (exact) mass is 425 g/mol. The first-order valence-corrected chi connectivity index (χ1v) is 10.5. The Bertz CT molecular complexity index is 968. The number of fused-ring (bicyclic) bond motifs is 1. The molecule has 2 aromatic rings. The summed E-state index contributed by atoms with van der Waals surface area (Å²) in [5.74, 6) is -0.800. The average Bonchev–Trinajstić information content (AvgIpc) is 2.78. The van der Waals surface area contributed by atoms with Crippen LogP contribution in [0.15, 0.2) is 48.5 Å². The molecule has 4 rings (SSSR count). The number of halogens is 1. The Hall–Kier alpha value is -2.86.